The van der Waals surface area contributed by atoms with Crippen LogP contribution in [0.1, 0.15) is 80.7 Å². The van der Waals surface area contributed by atoms with Crippen LogP contribution in [0.3, 0.4) is 0 Å². The summed E-state index contributed by atoms with van der Waals surface area (Å²) in [5.41, 5.74) is 0. The Morgan fingerprint density at radius 1 is 1.26 bits per heavy atom. The van der Waals surface area contributed by atoms with Gasteiger partial charge in [0.2, 0.25) is 11.8 Å². The van der Waals surface area contributed by atoms with Crippen LogP contribution in [0, 0.1) is 0 Å². The first-order valence-corrected chi connectivity index (χ1v) is 8.69. The van der Waals surface area contributed by atoms with Crippen LogP contribution in [0.4, 0.5) is 0 Å². The Hall–Kier alpha value is -1.69. The average molecular weight is 316 g/mol. The predicted octanol–water partition coefficient (Wildman–Crippen LogP) is 3.44. The lowest BCUT2D eigenvalue weighted by Crippen LogP contribution is -2.34. The molecular weight excluding hydrogens is 292 g/mol. The molecule has 2 fully saturated rings. The van der Waals surface area contributed by atoms with Crippen molar-refractivity contribution in [1.29, 1.82) is 0 Å². The molecule has 0 bridgehead atoms. The maximum atomic E-state index is 5.83. The summed E-state index contributed by atoms with van der Waals surface area (Å²) in [6.45, 7) is 7.02. The molecule has 1 aliphatic carbocycles. The molecule has 2 aromatic heterocycles. The second kappa shape index (κ2) is 6.07. The Morgan fingerprint density at radius 2 is 2.13 bits per heavy atom. The standard InChI is InChI=1S/C17H24N4O2/c1-11(2)14-8-18-15(22-14)10-21-7-3-4-13(9-21)16-19-17(23-20-16)12-5-6-12/h8,11-13H,3-7,9-10H2,1-2H3. The molecule has 0 N–H and O–H groups in total. The highest BCUT2D eigenvalue weighted by atomic mass is 16.5. The van der Waals surface area contributed by atoms with Crippen LogP contribution < -0.4 is 0 Å². The van der Waals surface area contributed by atoms with Gasteiger partial charge in [-0.05, 0) is 32.2 Å². The van der Waals surface area contributed by atoms with Crippen molar-refractivity contribution in [1.82, 2.24) is 20.0 Å². The topological polar surface area (TPSA) is 68.2 Å². The van der Waals surface area contributed by atoms with E-state index in [9.17, 15) is 0 Å². The maximum absolute atomic E-state index is 5.83. The third-order valence-corrected chi connectivity index (χ3v) is 4.75. The first-order valence-electron chi connectivity index (χ1n) is 8.69. The molecule has 4 rings (SSSR count). The summed E-state index contributed by atoms with van der Waals surface area (Å²) in [6, 6.07) is 0. The zero-order valence-corrected chi connectivity index (χ0v) is 13.9. The summed E-state index contributed by atoms with van der Waals surface area (Å²) in [4.78, 5) is 11.4. The fraction of sp³-hybridized carbons (Fsp3) is 0.706. The highest BCUT2D eigenvalue weighted by Crippen LogP contribution is 2.39. The van der Waals surface area contributed by atoms with E-state index in [-0.39, 0.29) is 0 Å². The lowest BCUT2D eigenvalue weighted by Gasteiger charge is -2.30. The number of nitrogens with zero attached hydrogens (tertiary/aromatic N) is 4. The molecule has 2 aromatic rings. The summed E-state index contributed by atoms with van der Waals surface area (Å²) < 4.78 is 11.2. The molecule has 1 aliphatic heterocycles. The van der Waals surface area contributed by atoms with Gasteiger partial charge in [0.1, 0.15) is 5.76 Å². The Bertz CT molecular complexity index is 659. The third-order valence-electron chi connectivity index (χ3n) is 4.75. The first-order chi connectivity index (χ1) is 11.2. The minimum absolute atomic E-state index is 0.361. The summed E-state index contributed by atoms with van der Waals surface area (Å²) in [5.74, 6) is 4.75. The molecule has 124 valence electrons. The predicted molar refractivity (Wildman–Crippen MR) is 84.1 cm³/mol. The van der Waals surface area contributed by atoms with Gasteiger partial charge >= 0.3 is 0 Å². The highest BCUT2D eigenvalue weighted by molar-refractivity contribution is 5.06. The normalized spacial score (nSPS) is 22.8. The molecule has 6 nitrogen and oxygen atoms in total. The number of hydrogen-bond donors (Lipinski definition) is 0. The summed E-state index contributed by atoms with van der Waals surface area (Å²) in [5, 5.41) is 4.22. The van der Waals surface area contributed by atoms with Gasteiger partial charge in [0.25, 0.3) is 0 Å². The lowest BCUT2D eigenvalue weighted by atomic mass is 9.97. The molecule has 3 heterocycles. The van der Waals surface area contributed by atoms with Crippen molar-refractivity contribution in [3.05, 3.63) is 29.6 Å². The Kier molecular flexibility index (Phi) is 3.93. The number of rotatable bonds is 5. The number of oxazole rings is 1. The van der Waals surface area contributed by atoms with Gasteiger partial charge < -0.3 is 8.94 Å². The molecule has 0 radical (unpaired) electrons. The van der Waals surface area contributed by atoms with E-state index in [1.807, 2.05) is 6.20 Å². The Balaban J connectivity index is 1.39. The lowest BCUT2D eigenvalue weighted by molar-refractivity contribution is 0.177. The van der Waals surface area contributed by atoms with E-state index >= 15 is 0 Å². The van der Waals surface area contributed by atoms with Crippen molar-refractivity contribution in [3.63, 3.8) is 0 Å². The van der Waals surface area contributed by atoms with Crippen molar-refractivity contribution in [3.8, 4) is 0 Å². The van der Waals surface area contributed by atoms with Crippen LogP contribution in [0.5, 0.6) is 0 Å². The molecular formula is C17H24N4O2. The number of hydrogen-bond acceptors (Lipinski definition) is 6. The zero-order valence-electron chi connectivity index (χ0n) is 13.9. The molecule has 0 aromatic carbocycles. The van der Waals surface area contributed by atoms with E-state index in [0.29, 0.717) is 17.8 Å². The molecule has 1 saturated carbocycles. The average Bonchev–Trinajstić information content (AvgIpc) is 3.09. The number of likely N-dealkylation sites (tertiary alicyclic amines) is 1. The van der Waals surface area contributed by atoms with Crippen LogP contribution in [0.2, 0.25) is 0 Å². The second-order valence-corrected chi connectivity index (χ2v) is 7.15. The molecule has 1 unspecified atom stereocenters. The van der Waals surface area contributed by atoms with Crippen LogP contribution in [0.15, 0.2) is 15.1 Å². The van der Waals surface area contributed by atoms with Crippen molar-refractivity contribution >= 4 is 0 Å². The van der Waals surface area contributed by atoms with Gasteiger partial charge in [-0.15, -0.1) is 0 Å². The Labute approximate surface area is 136 Å². The Morgan fingerprint density at radius 3 is 2.87 bits per heavy atom. The second-order valence-electron chi connectivity index (χ2n) is 7.15. The van der Waals surface area contributed by atoms with Crippen molar-refractivity contribution < 1.29 is 8.94 Å². The van der Waals surface area contributed by atoms with Gasteiger partial charge in [-0.3, -0.25) is 4.90 Å². The van der Waals surface area contributed by atoms with Crippen LogP contribution in [-0.2, 0) is 6.54 Å². The van der Waals surface area contributed by atoms with E-state index in [1.54, 1.807) is 0 Å². The molecule has 2 aliphatic rings. The molecule has 1 saturated heterocycles. The van der Waals surface area contributed by atoms with E-state index in [0.717, 1.165) is 55.8 Å². The minimum atomic E-state index is 0.361. The van der Waals surface area contributed by atoms with Crippen LogP contribution in [-0.4, -0.2) is 33.1 Å². The van der Waals surface area contributed by atoms with E-state index in [1.165, 1.54) is 12.8 Å². The van der Waals surface area contributed by atoms with E-state index in [2.05, 4.69) is 33.9 Å². The van der Waals surface area contributed by atoms with Gasteiger partial charge in [0.05, 0.1) is 12.7 Å². The van der Waals surface area contributed by atoms with Gasteiger partial charge in [-0.25, -0.2) is 4.98 Å². The number of aromatic nitrogens is 3. The monoisotopic (exact) mass is 316 g/mol. The maximum Gasteiger partial charge on any atom is 0.229 e. The van der Waals surface area contributed by atoms with Crippen molar-refractivity contribution in [2.75, 3.05) is 13.1 Å². The highest BCUT2D eigenvalue weighted by Gasteiger charge is 2.32. The van der Waals surface area contributed by atoms with Crippen LogP contribution in [0.25, 0.3) is 0 Å². The smallest absolute Gasteiger partial charge is 0.229 e. The van der Waals surface area contributed by atoms with E-state index < -0.39 is 0 Å². The molecule has 1 atom stereocenters. The van der Waals surface area contributed by atoms with Gasteiger partial charge in [-0.2, -0.15) is 4.98 Å². The SMILES string of the molecule is CC(C)c1cnc(CN2CCCC(c3noc(C4CC4)n3)C2)o1. The van der Waals surface area contributed by atoms with E-state index in [4.69, 9.17) is 8.94 Å². The molecule has 0 spiro atoms. The third kappa shape index (κ3) is 3.32. The fourth-order valence-corrected chi connectivity index (χ4v) is 3.17. The number of piperidine rings is 1. The molecule has 23 heavy (non-hydrogen) atoms. The fourth-order valence-electron chi connectivity index (χ4n) is 3.17. The summed E-state index contributed by atoms with van der Waals surface area (Å²) in [6.07, 6.45) is 6.52. The summed E-state index contributed by atoms with van der Waals surface area (Å²) >= 11 is 0. The van der Waals surface area contributed by atoms with Crippen molar-refractivity contribution in [2.45, 2.75) is 63.8 Å². The zero-order chi connectivity index (χ0) is 15.8. The molecule has 6 heteroatoms. The van der Waals surface area contributed by atoms with Gasteiger partial charge in [0, 0.05) is 24.3 Å². The first kappa shape index (κ1) is 14.9. The molecule has 0 amide bonds. The largest absolute Gasteiger partial charge is 0.444 e. The van der Waals surface area contributed by atoms with Gasteiger partial charge in [0.15, 0.2) is 5.82 Å². The quantitative estimate of drug-likeness (QED) is 0.841. The van der Waals surface area contributed by atoms with Gasteiger partial charge in [-0.1, -0.05) is 19.0 Å². The minimum Gasteiger partial charge on any atom is -0.444 e. The van der Waals surface area contributed by atoms with Crippen LogP contribution >= 0.6 is 0 Å². The van der Waals surface area contributed by atoms with Crippen molar-refractivity contribution in [2.24, 2.45) is 0 Å². The summed E-state index contributed by atoms with van der Waals surface area (Å²) in [7, 11) is 0.